The van der Waals surface area contributed by atoms with Crippen molar-refractivity contribution >= 4 is 33.2 Å². The molecular formula is C17H19BrClNO. The molecule has 1 atom stereocenters. The molecule has 112 valence electrons. The van der Waals surface area contributed by atoms with E-state index in [0.29, 0.717) is 6.54 Å². The molecule has 2 nitrogen and oxygen atoms in total. The van der Waals surface area contributed by atoms with Crippen molar-refractivity contribution in [3.8, 4) is 5.75 Å². The van der Waals surface area contributed by atoms with Crippen LogP contribution in [0.1, 0.15) is 25.8 Å². The third-order valence-corrected chi connectivity index (χ3v) is 4.09. The molecule has 1 N–H and O–H groups in total. The second-order valence-corrected chi connectivity index (χ2v) is 6.28. The number of anilines is 1. The van der Waals surface area contributed by atoms with Crippen LogP contribution in [0.3, 0.4) is 0 Å². The highest BCUT2D eigenvalue weighted by atomic mass is 79.9. The van der Waals surface area contributed by atoms with Gasteiger partial charge in [0.05, 0.1) is 6.10 Å². The lowest BCUT2D eigenvalue weighted by Gasteiger charge is -2.14. The molecule has 0 aromatic heterocycles. The van der Waals surface area contributed by atoms with E-state index in [1.807, 2.05) is 42.5 Å². The summed E-state index contributed by atoms with van der Waals surface area (Å²) in [5.74, 6) is 0.885. The first-order valence-electron chi connectivity index (χ1n) is 7.03. The van der Waals surface area contributed by atoms with E-state index in [2.05, 4.69) is 35.1 Å². The summed E-state index contributed by atoms with van der Waals surface area (Å²) in [6.45, 7) is 4.86. The summed E-state index contributed by atoms with van der Waals surface area (Å²) in [6, 6.07) is 13.9. The predicted octanol–water partition coefficient (Wildman–Crippen LogP) is 5.89. The maximum Gasteiger partial charge on any atom is 0.121 e. The molecule has 0 aliphatic carbocycles. The quantitative estimate of drug-likeness (QED) is 0.686. The van der Waals surface area contributed by atoms with E-state index >= 15 is 0 Å². The van der Waals surface area contributed by atoms with Crippen molar-refractivity contribution in [3.63, 3.8) is 0 Å². The SMILES string of the molecule is CCC(C)Oc1cccc(NCc2ccc(Br)cc2Cl)c1. The second-order valence-electron chi connectivity index (χ2n) is 4.95. The highest BCUT2D eigenvalue weighted by molar-refractivity contribution is 9.10. The highest BCUT2D eigenvalue weighted by Gasteiger charge is 2.04. The topological polar surface area (TPSA) is 21.3 Å². The Balaban J connectivity index is 2.01. The van der Waals surface area contributed by atoms with Crippen molar-refractivity contribution < 1.29 is 4.74 Å². The Morgan fingerprint density at radius 3 is 2.76 bits per heavy atom. The number of rotatable bonds is 6. The average molecular weight is 369 g/mol. The van der Waals surface area contributed by atoms with E-state index in [1.165, 1.54) is 0 Å². The van der Waals surface area contributed by atoms with Crippen LogP contribution in [0.2, 0.25) is 5.02 Å². The van der Waals surface area contributed by atoms with E-state index in [9.17, 15) is 0 Å². The van der Waals surface area contributed by atoms with Crippen LogP contribution in [-0.4, -0.2) is 6.10 Å². The van der Waals surface area contributed by atoms with Crippen LogP contribution >= 0.6 is 27.5 Å². The summed E-state index contributed by atoms with van der Waals surface area (Å²) in [6.07, 6.45) is 1.22. The summed E-state index contributed by atoms with van der Waals surface area (Å²) >= 11 is 9.63. The first-order valence-corrected chi connectivity index (χ1v) is 8.20. The molecule has 2 aromatic carbocycles. The minimum atomic E-state index is 0.223. The Morgan fingerprint density at radius 2 is 2.05 bits per heavy atom. The summed E-state index contributed by atoms with van der Waals surface area (Å²) in [4.78, 5) is 0. The van der Waals surface area contributed by atoms with Gasteiger partial charge in [-0.3, -0.25) is 0 Å². The summed E-state index contributed by atoms with van der Waals surface area (Å²) in [5, 5.41) is 4.13. The maximum atomic E-state index is 6.22. The normalized spacial score (nSPS) is 12.0. The van der Waals surface area contributed by atoms with E-state index in [-0.39, 0.29) is 6.10 Å². The maximum absolute atomic E-state index is 6.22. The van der Waals surface area contributed by atoms with Crippen LogP contribution in [0.4, 0.5) is 5.69 Å². The number of ether oxygens (including phenoxy) is 1. The van der Waals surface area contributed by atoms with Gasteiger partial charge in [-0.05, 0) is 43.2 Å². The van der Waals surface area contributed by atoms with Crippen LogP contribution in [0.25, 0.3) is 0 Å². The zero-order valence-corrected chi connectivity index (χ0v) is 14.5. The van der Waals surface area contributed by atoms with E-state index in [4.69, 9.17) is 16.3 Å². The number of nitrogens with one attached hydrogen (secondary N) is 1. The van der Waals surface area contributed by atoms with Gasteiger partial charge in [-0.25, -0.2) is 0 Å². The van der Waals surface area contributed by atoms with Gasteiger partial charge in [-0.2, -0.15) is 0 Å². The van der Waals surface area contributed by atoms with Crippen molar-refractivity contribution in [2.24, 2.45) is 0 Å². The molecule has 0 amide bonds. The van der Waals surface area contributed by atoms with E-state index in [1.54, 1.807) is 0 Å². The average Bonchev–Trinajstić information content (AvgIpc) is 2.46. The number of hydrogen-bond acceptors (Lipinski definition) is 2. The zero-order chi connectivity index (χ0) is 15.2. The lowest BCUT2D eigenvalue weighted by Crippen LogP contribution is -2.09. The standard InChI is InChI=1S/C17H19BrClNO/c1-3-12(2)21-16-6-4-5-15(10-16)20-11-13-7-8-14(18)9-17(13)19/h4-10,12,20H,3,11H2,1-2H3. The van der Waals surface area contributed by atoms with Gasteiger partial charge in [0, 0.05) is 27.8 Å². The first-order chi connectivity index (χ1) is 10.1. The molecule has 0 saturated carbocycles. The number of benzene rings is 2. The van der Waals surface area contributed by atoms with Crippen molar-refractivity contribution in [3.05, 3.63) is 57.5 Å². The summed E-state index contributed by atoms with van der Waals surface area (Å²) < 4.78 is 6.81. The van der Waals surface area contributed by atoms with Crippen molar-refractivity contribution in [2.75, 3.05) is 5.32 Å². The minimum absolute atomic E-state index is 0.223. The molecule has 0 radical (unpaired) electrons. The molecule has 2 rings (SSSR count). The minimum Gasteiger partial charge on any atom is -0.491 e. The Kier molecular flexibility index (Phi) is 5.95. The molecule has 4 heteroatoms. The van der Waals surface area contributed by atoms with Crippen LogP contribution in [-0.2, 0) is 6.54 Å². The molecule has 0 spiro atoms. The third kappa shape index (κ3) is 4.94. The molecule has 0 bridgehead atoms. The molecular weight excluding hydrogens is 350 g/mol. The van der Waals surface area contributed by atoms with Gasteiger partial charge in [0.1, 0.15) is 5.75 Å². The fourth-order valence-corrected chi connectivity index (χ4v) is 2.60. The fraction of sp³-hybridized carbons (Fsp3) is 0.294. The lowest BCUT2D eigenvalue weighted by molar-refractivity contribution is 0.217. The second kappa shape index (κ2) is 7.71. The molecule has 0 fully saturated rings. The van der Waals surface area contributed by atoms with Gasteiger partial charge in [-0.15, -0.1) is 0 Å². The Hall–Kier alpha value is -1.19. The van der Waals surface area contributed by atoms with Crippen LogP contribution in [0.5, 0.6) is 5.75 Å². The molecule has 0 saturated heterocycles. The van der Waals surface area contributed by atoms with Gasteiger partial charge in [0.25, 0.3) is 0 Å². The molecule has 2 aromatic rings. The van der Waals surface area contributed by atoms with E-state index in [0.717, 1.165) is 32.9 Å². The lowest BCUT2D eigenvalue weighted by atomic mass is 10.2. The zero-order valence-electron chi connectivity index (χ0n) is 12.2. The van der Waals surface area contributed by atoms with Crippen LogP contribution in [0.15, 0.2) is 46.9 Å². The Labute approximate surface area is 139 Å². The monoisotopic (exact) mass is 367 g/mol. The van der Waals surface area contributed by atoms with Gasteiger partial charge < -0.3 is 10.1 Å². The largest absolute Gasteiger partial charge is 0.491 e. The van der Waals surface area contributed by atoms with E-state index < -0.39 is 0 Å². The predicted molar refractivity (Wildman–Crippen MR) is 93.3 cm³/mol. The van der Waals surface area contributed by atoms with Crippen molar-refractivity contribution in [1.82, 2.24) is 0 Å². The van der Waals surface area contributed by atoms with Crippen LogP contribution in [0, 0.1) is 0 Å². The van der Waals surface area contributed by atoms with Gasteiger partial charge in [-0.1, -0.05) is 46.6 Å². The summed E-state index contributed by atoms with van der Waals surface area (Å²) in [7, 11) is 0. The molecule has 1 unspecified atom stereocenters. The van der Waals surface area contributed by atoms with Gasteiger partial charge in [0.2, 0.25) is 0 Å². The molecule has 0 aliphatic heterocycles. The van der Waals surface area contributed by atoms with Gasteiger partial charge in [0.15, 0.2) is 0 Å². The fourth-order valence-electron chi connectivity index (χ4n) is 1.86. The van der Waals surface area contributed by atoms with Gasteiger partial charge >= 0.3 is 0 Å². The molecule has 0 aliphatic rings. The van der Waals surface area contributed by atoms with Crippen molar-refractivity contribution in [2.45, 2.75) is 32.9 Å². The summed E-state index contributed by atoms with van der Waals surface area (Å²) in [5.41, 5.74) is 2.09. The Morgan fingerprint density at radius 1 is 1.24 bits per heavy atom. The Bertz CT molecular complexity index is 603. The molecule has 21 heavy (non-hydrogen) atoms. The number of halogens is 2. The first kappa shape index (κ1) is 16.2. The number of hydrogen-bond donors (Lipinski definition) is 1. The van der Waals surface area contributed by atoms with Crippen LogP contribution < -0.4 is 10.1 Å². The third-order valence-electron chi connectivity index (χ3n) is 3.24. The van der Waals surface area contributed by atoms with Crippen molar-refractivity contribution in [1.29, 1.82) is 0 Å². The highest BCUT2D eigenvalue weighted by Crippen LogP contribution is 2.24. The smallest absolute Gasteiger partial charge is 0.121 e. The molecule has 0 heterocycles.